The number of aromatic carboxylic acids is 1. The van der Waals surface area contributed by atoms with E-state index in [0.29, 0.717) is 0 Å². The highest BCUT2D eigenvalue weighted by molar-refractivity contribution is 9.10. The Balaban J connectivity index is 2.41. The number of sulfonamides is 1. The van der Waals surface area contributed by atoms with Crippen LogP contribution < -0.4 is 4.72 Å². The number of pyridine rings is 1. The molecule has 0 spiro atoms. The van der Waals surface area contributed by atoms with E-state index in [4.69, 9.17) is 16.7 Å². The number of benzene rings is 1. The first-order chi connectivity index (χ1) is 9.81. The summed E-state index contributed by atoms with van der Waals surface area (Å²) >= 11 is 8.92. The molecule has 9 heteroatoms. The van der Waals surface area contributed by atoms with Gasteiger partial charge >= 0.3 is 5.97 Å². The highest BCUT2D eigenvalue weighted by Gasteiger charge is 2.20. The Morgan fingerprint density at radius 3 is 2.62 bits per heavy atom. The minimum absolute atomic E-state index is 0.0276. The summed E-state index contributed by atoms with van der Waals surface area (Å²) in [5, 5.41) is 9.06. The molecule has 0 aliphatic heterocycles. The number of hydrogen-bond donors (Lipinski definition) is 2. The van der Waals surface area contributed by atoms with Crippen molar-refractivity contribution in [1.82, 2.24) is 4.98 Å². The topological polar surface area (TPSA) is 96.4 Å². The number of carboxylic acid groups (broad SMARTS) is 1. The number of hydrogen-bond acceptors (Lipinski definition) is 4. The quantitative estimate of drug-likeness (QED) is 0.835. The second kappa shape index (κ2) is 6.00. The number of nitrogens with zero attached hydrogens (tertiary/aromatic N) is 1. The van der Waals surface area contributed by atoms with Crippen LogP contribution in [0.15, 0.2) is 46.0 Å². The number of anilines is 1. The molecule has 1 aromatic carbocycles. The molecule has 0 fully saturated rings. The van der Waals surface area contributed by atoms with Crippen LogP contribution in [0.25, 0.3) is 0 Å². The largest absolute Gasteiger partial charge is 0.478 e. The maximum Gasteiger partial charge on any atom is 0.335 e. The Hall–Kier alpha value is -1.64. The first-order valence-electron chi connectivity index (χ1n) is 5.46. The van der Waals surface area contributed by atoms with E-state index in [1.54, 1.807) is 0 Å². The van der Waals surface area contributed by atoms with Crippen LogP contribution in [0.5, 0.6) is 0 Å². The maximum absolute atomic E-state index is 12.3. The molecule has 0 bridgehead atoms. The lowest BCUT2D eigenvalue weighted by atomic mass is 10.2. The van der Waals surface area contributed by atoms with Gasteiger partial charge in [0.25, 0.3) is 10.0 Å². The molecule has 0 aliphatic carbocycles. The Morgan fingerprint density at radius 2 is 2.05 bits per heavy atom. The van der Waals surface area contributed by atoms with Crippen LogP contribution in [-0.2, 0) is 10.0 Å². The minimum Gasteiger partial charge on any atom is -0.478 e. The van der Waals surface area contributed by atoms with Crippen molar-refractivity contribution in [2.75, 3.05) is 4.72 Å². The van der Waals surface area contributed by atoms with Gasteiger partial charge in [0.05, 0.1) is 22.5 Å². The molecule has 6 nitrogen and oxygen atoms in total. The van der Waals surface area contributed by atoms with Gasteiger partial charge in [0.2, 0.25) is 0 Å². The van der Waals surface area contributed by atoms with Crippen molar-refractivity contribution in [1.29, 1.82) is 0 Å². The molecule has 2 rings (SSSR count). The molecule has 0 unspecified atom stereocenters. The minimum atomic E-state index is -3.92. The zero-order valence-corrected chi connectivity index (χ0v) is 13.4. The molecule has 0 aliphatic rings. The second-order valence-corrected chi connectivity index (χ2v) is 6.82. The summed E-state index contributed by atoms with van der Waals surface area (Å²) in [6.07, 6.45) is 2.71. The van der Waals surface area contributed by atoms with Gasteiger partial charge in [-0.1, -0.05) is 11.6 Å². The molecule has 1 aromatic heterocycles. The monoisotopic (exact) mass is 390 g/mol. The van der Waals surface area contributed by atoms with Crippen LogP contribution in [0.2, 0.25) is 5.02 Å². The average molecular weight is 392 g/mol. The summed E-state index contributed by atoms with van der Waals surface area (Å²) < 4.78 is 27.0. The highest BCUT2D eigenvalue weighted by atomic mass is 79.9. The normalized spacial score (nSPS) is 11.1. The number of halogens is 2. The molecule has 0 amide bonds. The molecule has 0 saturated heterocycles. The van der Waals surface area contributed by atoms with Crippen LogP contribution in [0, 0.1) is 0 Å². The number of carboxylic acids is 1. The van der Waals surface area contributed by atoms with E-state index in [9.17, 15) is 13.2 Å². The van der Waals surface area contributed by atoms with E-state index < -0.39 is 16.0 Å². The third kappa shape index (κ3) is 3.52. The molecule has 110 valence electrons. The molecular formula is C12H8BrClN2O4S. The first-order valence-corrected chi connectivity index (χ1v) is 8.12. The predicted molar refractivity (Wildman–Crippen MR) is 81.2 cm³/mol. The summed E-state index contributed by atoms with van der Waals surface area (Å²) in [7, 11) is -3.92. The fraction of sp³-hybridized carbons (Fsp3) is 0. The Kier molecular flexibility index (Phi) is 4.50. The first kappa shape index (κ1) is 15.7. The number of nitrogens with one attached hydrogen (secondary N) is 1. The van der Waals surface area contributed by atoms with Crippen LogP contribution in [0.4, 0.5) is 5.69 Å². The van der Waals surface area contributed by atoms with Gasteiger partial charge in [-0.2, -0.15) is 0 Å². The third-order valence-corrected chi connectivity index (χ3v) is 5.15. The molecule has 0 radical (unpaired) electrons. The van der Waals surface area contributed by atoms with E-state index in [1.807, 2.05) is 0 Å². The van der Waals surface area contributed by atoms with E-state index in [1.165, 1.54) is 36.7 Å². The van der Waals surface area contributed by atoms with E-state index in [-0.39, 0.29) is 25.6 Å². The smallest absolute Gasteiger partial charge is 0.335 e. The maximum atomic E-state index is 12.3. The van der Waals surface area contributed by atoms with Crippen molar-refractivity contribution >= 4 is 49.2 Å². The zero-order valence-electron chi connectivity index (χ0n) is 10.2. The van der Waals surface area contributed by atoms with Crippen molar-refractivity contribution < 1.29 is 18.3 Å². The van der Waals surface area contributed by atoms with Gasteiger partial charge in [0.15, 0.2) is 0 Å². The van der Waals surface area contributed by atoms with Crippen LogP contribution in [0.1, 0.15) is 10.4 Å². The van der Waals surface area contributed by atoms with Crippen molar-refractivity contribution in [3.8, 4) is 0 Å². The highest BCUT2D eigenvalue weighted by Crippen LogP contribution is 2.27. The van der Waals surface area contributed by atoms with E-state index in [0.717, 1.165) is 0 Å². The van der Waals surface area contributed by atoms with Crippen molar-refractivity contribution in [3.63, 3.8) is 0 Å². The predicted octanol–water partition coefficient (Wildman–Crippen LogP) is 3.00. The summed E-state index contributed by atoms with van der Waals surface area (Å²) in [4.78, 5) is 14.5. The molecule has 0 atom stereocenters. The van der Waals surface area contributed by atoms with Gasteiger partial charge in [0, 0.05) is 10.7 Å². The van der Waals surface area contributed by atoms with Gasteiger partial charge in [-0.15, -0.1) is 0 Å². The lowest BCUT2D eigenvalue weighted by molar-refractivity contribution is 0.0696. The van der Waals surface area contributed by atoms with Crippen LogP contribution in [-0.4, -0.2) is 24.5 Å². The second-order valence-electron chi connectivity index (χ2n) is 3.91. The molecule has 2 aromatic rings. The Labute approximate surface area is 134 Å². The fourth-order valence-electron chi connectivity index (χ4n) is 1.50. The Morgan fingerprint density at radius 1 is 1.33 bits per heavy atom. The Bertz CT molecular complexity index is 811. The van der Waals surface area contributed by atoms with Gasteiger partial charge < -0.3 is 5.11 Å². The lowest BCUT2D eigenvalue weighted by Crippen LogP contribution is -2.14. The fourth-order valence-corrected chi connectivity index (χ4v) is 3.86. The standard InChI is InChI=1S/C12H8BrClN2O4S/c13-8-5-7(12(17)18)1-2-11(8)21(19,20)16-10-6-15-4-3-9(10)14/h1-6,16H,(H,17,18). The SMILES string of the molecule is O=C(O)c1ccc(S(=O)(=O)Nc2cnccc2Cl)c(Br)c1. The average Bonchev–Trinajstić information content (AvgIpc) is 2.40. The zero-order chi connectivity index (χ0) is 15.6. The summed E-state index contributed by atoms with van der Waals surface area (Å²) in [6.45, 7) is 0. The van der Waals surface area contributed by atoms with Crippen LogP contribution in [0.3, 0.4) is 0 Å². The third-order valence-electron chi connectivity index (χ3n) is 2.48. The lowest BCUT2D eigenvalue weighted by Gasteiger charge is -2.10. The molecule has 0 saturated carbocycles. The molecule has 2 N–H and O–H groups in total. The van der Waals surface area contributed by atoms with Gasteiger partial charge in [0.1, 0.15) is 4.90 Å². The van der Waals surface area contributed by atoms with Gasteiger partial charge in [-0.3, -0.25) is 9.71 Å². The number of aromatic nitrogens is 1. The summed E-state index contributed by atoms with van der Waals surface area (Å²) in [6, 6.07) is 5.05. The van der Waals surface area contributed by atoms with Crippen molar-refractivity contribution in [2.45, 2.75) is 4.90 Å². The molecule has 1 heterocycles. The van der Waals surface area contributed by atoms with E-state index in [2.05, 4.69) is 25.6 Å². The van der Waals surface area contributed by atoms with Crippen molar-refractivity contribution in [3.05, 3.63) is 51.7 Å². The summed E-state index contributed by atoms with van der Waals surface area (Å²) in [5.41, 5.74) is 0.105. The molecular weight excluding hydrogens is 384 g/mol. The number of rotatable bonds is 4. The van der Waals surface area contributed by atoms with Gasteiger partial charge in [-0.25, -0.2) is 13.2 Å². The number of carbonyl (C=O) groups is 1. The summed E-state index contributed by atoms with van der Waals surface area (Å²) in [5.74, 6) is -1.15. The van der Waals surface area contributed by atoms with Crippen LogP contribution >= 0.6 is 27.5 Å². The van der Waals surface area contributed by atoms with E-state index >= 15 is 0 Å². The van der Waals surface area contributed by atoms with Crippen molar-refractivity contribution in [2.24, 2.45) is 0 Å². The molecule has 21 heavy (non-hydrogen) atoms. The van der Waals surface area contributed by atoms with Gasteiger partial charge in [-0.05, 0) is 40.2 Å².